The van der Waals surface area contributed by atoms with Crippen LogP contribution in [0.2, 0.25) is 0 Å². The Morgan fingerprint density at radius 3 is 2.82 bits per heavy atom. The van der Waals surface area contributed by atoms with Gasteiger partial charge in [-0.25, -0.2) is 9.97 Å². The highest BCUT2D eigenvalue weighted by atomic mass is 32.2. The van der Waals surface area contributed by atoms with Gasteiger partial charge in [0.1, 0.15) is 5.03 Å². The molecule has 1 heterocycles. The molecule has 0 aliphatic heterocycles. The number of nitrogens with zero attached hydrogens (tertiary/aromatic N) is 2. The average molecular weight is 251 g/mol. The quantitative estimate of drug-likeness (QED) is 0.811. The maximum absolute atomic E-state index is 4.58. The van der Waals surface area contributed by atoms with E-state index in [1.807, 2.05) is 18.7 Å². The van der Waals surface area contributed by atoms with Crippen LogP contribution in [0.25, 0.3) is 0 Å². The van der Waals surface area contributed by atoms with E-state index in [-0.39, 0.29) is 0 Å². The summed E-state index contributed by atoms with van der Waals surface area (Å²) in [6.45, 7) is 5.13. The van der Waals surface area contributed by atoms with Crippen molar-refractivity contribution in [3.8, 4) is 0 Å². The second-order valence-corrected chi connectivity index (χ2v) is 5.94. The minimum absolute atomic E-state index is 0.767. The molecule has 1 aliphatic carbocycles. The molecule has 94 valence electrons. The number of anilines is 1. The first-order valence-electron chi connectivity index (χ1n) is 6.54. The molecule has 1 aromatic rings. The molecule has 1 aliphatic rings. The number of nitrogens with one attached hydrogen (secondary N) is 1. The summed E-state index contributed by atoms with van der Waals surface area (Å²) in [5, 5.41) is 5.16. The fraction of sp³-hybridized carbons (Fsp3) is 0.692. The van der Waals surface area contributed by atoms with Gasteiger partial charge in [0.2, 0.25) is 5.95 Å². The van der Waals surface area contributed by atoms with Crippen LogP contribution in [0.4, 0.5) is 5.95 Å². The van der Waals surface area contributed by atoms with E-state index >= 15 is 0 Å². The molecule has 1 aromatic heterocycles. The summed E-state index contributed by atoms with van der Waals surface area (Å²) >= 11 is 1.92. The number of aromatic nitrogens is 2. The summed E-state index contributed by atoms with van der Waals surface area (Å²) in [5.74, 6) is 0.785. The highest BCUT2D eigenvalue weighted by Gasteiger charge is 2.17. The van der Waals surface area contributed by atoms with Gasteiger partial charge in [0.15, 0.2) is 0 Å². The Morgan fingerprint density at radius 1 is 1.35 bits per heavy atom. The molecule has 1 saturated carbocycles. The molecule has 4 heteroatoms. The lowest BCUT2D eigenvalue weighted by atomic mass is 10.4. The number of aryl methyl sites for hydroxylation is 1. The van der Waals surface area contributed by atoms with Gasteiger partial charge >= 0.3 is 0 Å². The molecule has 0 saturated heterocycles. The van der Waals surface area contributed by atoms with Crippen LogP contribution in [0.15, 0.2) is 11.1 Å². The average Bonchev–Trinajstić information content (AvgIpc) is 2.78. The zero-order chi connectivity index (χ0) is 12.1. The topological polar surface area (TPSA) is 37.8 Å². The van der Waals surface area contributed by atoms with Gasteiger partial charge in [-0.3, -0.25) is 0 Å². The normalized spacial score (nSPS) is 16.4. The van der Waals surface area contributed by atoms with Gasteiger partial charge in [-0.05, 0) is 32.3 Å². The van der Waals surface area contributed by atoms with Gasteiger partial charge < -0.3 is 5.32 Å². The van der Waals surface area contributed by atoms with Crippen LogP contribution in [-0.2, 0) is 0 Å². The lowest BCUT2D eigenvalue weighted by Gasteiger charge is -2.10. The third-order valence-corrected chi connectivity index (χ3v) is 4.21. The lowest BCUT2D eigenvalue weighted by molar-refractivity contribution is 0.886. The van der Waals surface area contributed by atoms with E-state index in [2.05, 4.69) is 28.3 Å². The van der Waals surface area contributed by atoms with Crippen LogP contribution >= 0.6 is 11.8 Å². The van der Waals surface area contributed by atoms with Gasteiger partial charge in [-0.15, -0.1) is 11.8 Å². The van der Waals surface area contributed by atoms with Gasteiger partial charge in [0.05, 0.1) is 0 Å². The molecule has 0 atom stereocenters. The Labute approximate surface area is 108 Å². The van der Waals surface area contributed by atoms with E-state index in [9.17, 15) is 0 Å². The van der Waals surface area contributed by atoms with E-state index in [0.29, 0.717) is 0 Å². The predicted octanol–water partition coefficient (Wildman–Crippen LogP) is 3.64. The third-order valence-electron chi connectivity index (χ3n) is 2.95. The molecule has 0 spiro atoms. The van der Waals surface area contributed by atoms with Gasteiger partial charge in [0, 0.05) is 17.5 Å². The van der Waals surface area contributed by atoms with Crippen molar-refractivity contribution in [3.05, 3.63) is 11.8 Å². The molecule has 3 nitrogen and oxygen atoms in total. The van der Waals surface area contributed by atoms with Crippen LogP contribution in [0.1, 0.15) is 44.7 Å². The Balaban J connectivity index is 2.02. The largest absolute Gasteiger partial charge is 0.354 e. The van der Waals surface area contributed by atoms with Crippen molar-refractivity contribution in [2.45, 2.75) is 56.2 Å². The number of hydrogen-bond acceptors (Lipinski definition) is 4. The van der Waals surface area contributed by atoms with Crippen LogP contribution in [0.3, 0.4) is 0 Å². The molecule has 2 rings (SSSR count). The zero-order valence-electron chi connectivity index (χ0n) is 10.7. The SMILES string of the molecule is CCCNc1nc(C)cc(SC2CCCC2)n1. The fourth-order valence-electron chi connectivity index (χ4n) is 2.09. The monoisotopic (exact) mass is 251 g/mol. The standard InChI is InChI=1S/C13H21N3S/c1-3-8-14-13-15-10(2)9-12(16-13)17-11-6-4-5-7-11/h9,11H,3-8H2,1-2H3,(H,14,15,16). The van der Waals surface area contributed by atoms with Crippen molar-refractivity contribution in [1.82, 2.24) is 9.97 Å². The number of rotatable bonds is 5. The molecular formula is C13H21N3S. The molecule has 0 aromatic carbocycles. The van der Waals surface area contributed by atoms with E-state index < -0.39 is 0 Å². The van der Waals surface area contributed by atoms with E-state index in [1.165, 1.54) is 25.7 Å². The Morgan fingerprint density at radius 2 is 2.12 bits per heavy atom. The third kappa shape index (κ3) is 3.87. The first-order chi connectivity index (χ1) is 8.28. The Hall–Kier alpha value is -0.770. The summed E-state index contributed by atoms with van der Waals surface area (Å²) in [6, 6.07) is 2.10. The fourth-order valence-corrected chi connectivity index (χ4v) is 3.38. The summed E-state index contributed by atoms with van der Waals surface area (Å²) in [7, 11) is 0. The summed E-state index contributed by atoms with van der Waals surface area (Å²) in [5.41, 5.74) is 1.05. The molecule has 0 bridgehead atoms. The van der Waals surface area contributed by atoms with Crippen LogP contribution in [0, 0.1) is 6.92 Å². The van der Waals surface area contributed by atoms with Crippen LogP contribution < -0.4 is 5.32 Å². The molecule has 0 unspecified atom stereocenters. The van der Waals surface area contributed by atoms with Crippen molar-refractivity contribution in [3.63, 3.8) is 0 Å². The highest BCUT2D eigenvalue weighted by Crippen LogP contribution is 2.34. The molecular weight excluding hydrogens is 230 g/mol. The summed E-state index contributed by atoms with van der Waals surface area (Å²) < 4.78 is 0. The molecule has 0 radical (unpaired) electrons. The zero-order valence-corrected chi connectivity index (χ0v) is 11.5. The smallest absolute Gasteiger partial charge is 0.223 e. The minimum Gasteiger partial charge on any atom is -0.354 e. The number of hydrogen-bond donors (Lipinski definition) is 1. The highest BCUT2D eigenvalue weighted by molar-refractivity contribution is 7.99. The van der Waals surface area contributed by atoms with E-state index in [1.54, 1.807) is 0 Å². The van der Waals surface area contributed by atoms with Crippen molar-refractivity contribution in [2.24, 2.45) is 0 Å². The first kappa shape index (κ1) is 12.7. The van der Waals surface area contributed by atoms with Crippen molar-refractivity contribution >= 4 is 17.7 Å². The second-order valence-electron chi connectivity index (χ2n) is 4.62. The predicted molar refractivity (Wildman–Crippen MR) is 73.7 cm³/mol. The molecule has 1 fully saturated rings. The van der Waals surface area contributed by atoms with Gasteiger partial charge in [-0.1, -0.05) is 19.8 Å². The maximum atomic E-state index is 4.58. The Bertz CT molecular complexity index is 362. The summed E-state index contributed by atoms with van der Waals surface area (Å²) in [4.78, 5) is 8.99. The van der Waals surface area contributed by atoms with Gasteiger partial charge in [-0.2, -0.15) is 0 Å². The van der Waals surface area contributed by atoms with Gasteiger partial charge in [0.25, 0.3) is 0 Å². The molecule has 0 amide bonds. The summed E-state index contributed by atoms with van der Waals surface area (Å²) in [6.07, 6.45) is 6.53. The van der Waals surface area contributed by atoms with Crippen LogP contribution in [0.5, 0.6) is 0 Å². The van der Waals surface area contributed by atoms with E-state index in [4.69, 9.17) is 0 Å². The van der Waals surface area contributed by atoms with E-state index in [0.717, 1.165) is 34.9 Å². The maximum Gasteiger partial charge on any atom is 0.223 e. The molecule has 1 N–H and O–H groups in total. The lowest BCUT2D eigenvalue weighted by Crippen LogP contribution is -2.06. The minimum atomic E-state index is 0.767. The number of thioether (sulfide) groups is 1. The van der Waals surface area contributed by atoms with Crippen molar-refractivity contribution in [1.29, 1.82) is 0 Å². The second kappa shape index (κ2) is 6.24. The van der Waals surface area contributed by atoms with Crippen molar-refractivity contribution < 1.29 is 0 Å². The Kier molecular flexibility index (Phi) is 4.66. The van der Waals surface area contributed by atoms with Crippen molar-refractivity contribution in [2.75, 3.05) is 11.9 Å². The first-order valence-corrected chi connectivity index (χ1v) is 7.42. The molecule has 17 heavy (non-hydrogen) atoms. The van der Waals surface area contributed by atoms with Crippen LogP contribution in [-0.4, -0.2) is 21.8 Å².